The van der Waals surface area contributed by atoms with Crippen LogP contribution in [-0.2, 0) is 6.18 Å². The molecule has 6 heteroatoms. The van der Waals surface area contributed by atoms with Gasteiger partial charge in [0.15, 0.2) is 0 Å². The summed E-state index contributed by atoms with van der Waals surface area (Å²) in [5, 5.41) is 9.67. The van der Waals surface area contributed by atoms with Crippen LogP contribution in [-0.4, -0.2) is 24.3 Å². The van der Waals surface area contributed by atoms with Gasteiger partial charge in [-0.3, -0.25) is 0 Å². The van der Waals surface area contributed by atoms with Gasteiger partial charge in [-0.2, -0.15) is 13.2 Å². The predicted octanol–water partition coefficient (Wildman–Crippen LogP) is 3.68. The summed E-state index contributed by atoms with van der Waals surface area (Å²) < 4.78 is 39.1. The van der Waals surface area contributed by atoms with Crippen molar-refractivity contribution in [3.8, 4) is 0 Å². The Labute approximate surface area is 113 Å². The normalized spacial score (nSPS) is 12.7. The quantitative estimate of drug-likeness (QED) is 0.916. The summed E-state index contributed by atoms with van der Waals surface area (Å²) in [5.41, 5.74) is -1.73. The molecule has 0 atom stereocenters. The fourth-order valence-electron chi connectivity index (χ4n) is 1.73. The van der Waals surface area contributed by atoms with E-state index in [9.17, 15) is 18.3 Å². The third-order valence-corrected chi connectivity index (χ3v) is 2.79. The van der Waals surface area contributed by atoms with Crippen molar-refractivity contribution in [2.45, 2.75) is 25.6 Å². The van der Waals surface area contributed by atoms with Gasteiger partial charge in [-0.15, -0.1) is 0 Å². The first-order valence-electron chi connectivity index (χ1n) is 5.31. The first-order valence-corrected chi connectivity index (χ1v) is 6.10. The average Bonchev–Trinajstić information content (AvgIpc) is 2.13. The van der Waals surface area contributed by atoms with Crippen molar-refractivity contribution in [3.05, 3.63) is 28.2 Å². The van der Waals surface area contributed by atoms with E-state index in [2.05, 4.69) is 15.9 Å². The molecule has 1 aromatic carbocycles. The number of rotatable bonds is 3. The highest BCUT2D eigenvalue weighted by atomic mass is 79.9. The number of benzene rings is 1. The zero-order valence-electron chi connectivity index (χ0n) is 10.3. The second-order valence-electron chi connectivity index (χ2n) is 4.83. The standard InChI is InChI=1S/C12H15BrF3NO/c1-11(2,18)7-17(3)10-5-4-8(13)6-9(10)12(14,15)16/h4-6,18H,7H2,1-3H3. The van der Waals surface area contributed by atoms with Crippen molar-refractivity contribution in [1.82, 2.24) is 0 Å². The molecule has 0 aliphatic carbocycles. The number of halogens is 4. The molecule has 0 fully saturated rings. The van der Waals surface area contributed by atoms with E-state index in [1.54, 1.807) is 19.9 Å². The van der Waals surface area contributed by atoms with Gasteiger partial charge in [-0.1, -0.05) is 15.9 Å². The van der Waals surface area contributed by atoms with Crippen molar-refractivity contribution in [3.63, 3.8) is 0 Å². The second-order valence-corrected chi connectivity index (χ2v) is 5.74. The smallest absolute Gasteiger partial charge is 0.389 e. The second kappa shape index (κ2) is 5.09. The Hall–Kier alpha value is -0.750. The Morgan fingerprint density at radius 1 is 1.28 bits per heavy atom. The number of anilines is 1. The van der Waals surface area contributed by atoms with Crippen LogP contribution in [0, 0.1) is 0 Å². The largest absolute Gasteiger partial charge is 0.418 e. The van der Waals surface area contributed by atoms with E-state index in [-0.39, 0.29) is 12.2 Å². The van der Waals surface area contributed by atoms with Crippen LogP contribution in [0.2, 0.25) is 0 Å². The predicted molar refractivity (Wildman–Crippen MR) is 68.7 cm³/mol. The molecule has 2 nitrogen and oxygen atoms in total. The van der Waals surface area contributed by atoms with E-state index in [0.29, 0.717) is 4.47 Å². The molecule has 1 rings (SSSR count). The fourth-order valence-corrected chi connectivity index (χ4v) is 2.09. The summed E-state index contributed by atoms with van der Waals surface area (Å²) in [6, 6.07) is 3.97. The van der Waals surface area contributed by atoms with E-state index in [1.165, 1.54) is 18.0 Å². The minimum absolute atomic E-state index is 0.0489. The van der Waals surface area contributed by atoms with Gasteiger partial charge >= 0.3 is 6.18 Å². The summed E-state index contributed by atoms with van der Waals surface area (Å²) in [5.74, 6) is 0. The highest BCUT2D eigenvalue weighted by Gasteiger charge is 2.35. The topological polar surface area (TPSA) is 23.5 Å². The Morgan fingerprint density at radius 3 is 2.28 bits per heavy atom. The molecule has 0 aliphatic rings. The highest BCUT2D eigenvalue weighted by molar-refractivity contribution is 9.10. The van der Waals surface area contributed by atoms with E-state index < -0.39 is 17.3 Å². The SMILES string of the molecule is CN(CC(C)(C)O)c1ccc(Br)cc1C(F)(F)F. The van der Waals surface area contributed by atoms with Gasteiger partial charge in [-0.05, 0) is 32.0 Å². The highest BCUT2D eigenvalue weighted by Crippen LogP contribution is 2.38. The third-order valence-electron chi connectivity index (χ3n) is 2.30. The van der Waals surface area contributed by atoms with Crippen molar-refractivity contribution in [2.75, 3.05) is 18.5 Å². The maximum atomic E-state index is 12.9. The van der Waals surface area contributed by atoms with Crippen LogP contribution in [0.3, 0.4) is 0 Å². The summed E-state index contributed by atoms with van der Waals surface area (Å²) in [6.45, 7) is 3.21. The molecule has 1 aromatic rings. The molecule has 0 unspecified atom stereocenters. The molecule has 0 bridgehead atoms. The number of hydrogen-bond donors (Lipinski definition) is 1. The van der Waals surface area contributed by atoms with Gasteiger partial charge in [0.25, 0.3) is 0 Å². The van der Waals surface area contributed by atoms with Gasteiger partial charge in [0.2, 0.25) is 0 Å². The minimum atomic E-state index is -4.42. The van der Waals surface area contributed by atoms with Gasteiger partial charge in [0.1, 0.15) is 0 Å². The maximum absolute atomic E-state index is 12.9. The number of hydrogen-bond acceptors (Lipinski definition) is 2. The molecule has 18 heavy (non-hydrogen) atoms. The molecule has 0 heterocycles. The summed E-state index contributed by atoms with van der Waals surface area (Å²) in [4.78, 5) is 1.40. The van der Waals surface area contributed by atoms with Crippen LogP contribution in [0.15, 0.2) is 22.7 Å². The minimum Gasteiger partial charge on any atom is -0.389 e. The van der Waals surface area contributed by atoms with Crippen LogP contribution in [0.4, 0.5) is 18.9 Å². The third kappa shape index (κ3) is 4.17. The zero-order chi connectivity index (χ0) is 14.1. The molecule has 0 amide bonds. The van der Waals surface area contributed by atoms with Crippen LogP contribution in [0.1, 0.15) is 19.4 Å². The average molecular weight is 326 g/mol. The monoisotopic (exact) mass is 325 g/mol. The Morgan fingerprint density at radius 2 is 1.83 bits per heavy atom. The van der Waals surface area contributed by atoms with Gasteiger partial charge in [-0.25, -0.2) is 0 Å². The Bertz CT molecular complexity index is 426. The van der Waals surface area contributed by atoms with Crippen LogP contribution >= 0.6 is 15.9 Å². The number of likely N-dealkylation sites (N-methyl/N-ethyl adjacent to an activating group) is 1. The van der Waals surface area contributed by atoms with Crippen molar-refractivity contribution >= 4 is 21.6 Å². The molecule has 0 aliphatic heterocycles. The van der Waals surface area contributed by atoms with Gasteiger partial charge in [0.05, 0.1) is 11.2 Å². The first-order chi connectivity index (χ1) is 8.00. The lowest BCUT2D eigenvalue weighted by Crippen LogP contribution is -2.37. The van der Waals surface area contributed by atoms with Crippen molar-refractivity contribution < 1.29 is 18.3 Å². The number of aliphatic hydroxyl groups is 1. The van der Waals surface area contributed by atoms with Gasteiger partial charge in [0, 0.05) is 23.8 Å². The number of alkyl halides is 3. The maximum Gasteiger partial charge on any atom is 0.418 e. The lowest BCUT2D eigenvalue weighted by molar-refractivity contribution is -0.137. The number of nitrogens with zero attached hydrogens (tertiary/aromatic N) is 1. The van der Waals surface area contributed by atoms with E-state index in [0.717, 1.165) is 6.07 Å². The Kier molecular flexibility index (Phi) is 4.33. The van der Waals surface area contributed by atoms with Crippen LogP contribution in [0.5, 0.6) is 0 Å². The molecule has 0 saturated heterocycles. The molecular weight excluding hydrogens is 311 g/mol. The van der Waals surface area contributed by atoms with E-state index in [1.807, 2.05) is 0 Å². The molecule has 1 N–H and O–H groups in total. The zero-order valence-corrected chi connectivity index (χ0v) is 11.9. The summed E-state index contributed by atoms with van der Waals surface area (Å²) >= 11 is 3.03. The van der Waals surface area contributed by atoms with Crippen LogP contribution < -0.4 is 4.90 Å². The first kappa shape index (κ1) is 15.3. The summed E-state index contributed by atoms with van der Waals surface area (Å²) in [6.07, 6.45) is -4.42. The molecule has 0 radical (unpaired) electrons. The summed E-state index contributed by atoms with van der Waals surface area (Å²) in [7, 11) is 1.52. The van der Waals surface area contributed by atoms with E-state index in [4.69, 9.17) is 0 Å². The Balaban J connectivity index is 3.16. The fraction of sp³-hybridized carbons (Fsp3) is 0.500. The van der Waals surface area contributed by atoms with Gasteiger partial charge < -0.3 is 10.0 Å². The lowest BCUT2D eigenvalue weighted by Gasteiger charge is -2.29. The molecule has 0 spiro atoms. The van der Waals surface area contributed by atoms with Crippen LogP contribution in [0.25, 0.3) is 0 Å². The molecule has 102 valence electrons. The molecule has 0 aromatic heterocycles. The lowest BCUT2D eigenvalue weighted by atomic mass is 10.1. The molecule has 0 saturated carbocycles. The van der Waals surface area contributed by atoms with Crippen molar-refractivity contribution in [1.29, 1.82) is 0 Å². The van der Waals surface area contributed by atoms with Crippen molar-refractivity contribution in [2.24, 2.45) is 0 Å². The van der Waals surface area contributed by atoms with E-state index >= 15 is 0 Å². The molecular formula is C12H15BrF3NO.